The molecule has 0 spiro atoms. The molecule has 0 N–H and O–H groups in total. The minimum atomic E-state index is -0.435. The maximum Gasteiger partial charge on any atom is 0.254 e. The summed E-state index contributed by atoms with van der Waals surface area (Å²) in [6.07, 6.45) is 5.34. The largest absolute Gasteiger partial charge is 0.339 e. The van der Waals surface area contributed by atoms with Crippen molar-refractivity contribution in [2.24, 2.45) is 0 Å². The first kappa shape index (κ1) is 17.2. The van der Waals surface area contributed by atoms with E-state index in [1.807, 2.05) is 31.3 Å². The minimum Gasteiger partial charge on any atom is -0.339 e. The summed E-state index contributed by atoms with van der Waals surface area (Å²) in [4.78, 5) is 33.0. The summed E-state index contributed by atoms with van der Waals surface area (Å²) in [6.45, 7) is 5.56. The predicted molar refractivity (Wildman–Crippen MR) is 101 cm³/mol. The molecule has 0 bridgehead atoms. The fraction of sp³-hybridized carbons (Fsp3) is 0.300. The van der Waals surface area contributed by atoms with Gasteiger partial charge in [0.2, 0.25) is 5.91 Å². The van der Waals surface area contributed by atoms with Crippen LogP contribution in [0.2, 0.25) is 0 Å². The molecule has 1 atom stereocenters. The first-order valence-corrected chi connectivity index (χ1v) is 9.08. The fourth-order valence-electron chi connectivity index (χ4n) is 3.51. The summed E-state index contributed by atoms with van der Waals surface area (Å²) in [5.41, 5.74) is 3.20. The van der Waals surface area contributed by atoms with Crippen LogP contribution in [-0.2, 0) is 4.79 Å². The van der Waals surface area contributed by atoms with Crippen LogP contribution in [0.5, 0.6) is 0 Å². The van der Waals surface area contributed by atoms with E-state index >= 15 is 0 Å². The molecule has 0 radical (unpaired) electrons. The van der Waals surface area contributed by atoms with Crippen LogP contribution in [0.25, 0.3) is 16.8 Å². The Hall–Kier alpha value is -3.22. The third-order valence-electron chi connectivity index (χ3n) is 5.11. The molecular weight excluding hydrogens is 342 g/mol. The third-order valence-corrected chi connectivity index (χ3v) is 5.11. The molecule has 3 heterocycles. The van der Waals surface area contributed by atoms with Gasteiger partial charge in [0.25, 0.3) is 5.91 Å². The Morgan fingerprint density at radius 3 is 2.74 bits per heavy atom. The highest BCUT2D eigenvalue weighted by atomic mass is 16.2. The number of aromatic nitrogens is 3. The molecule has 7 nitrogen and oxygen atoms in total. The number of carbonyl (C=O) groups excluding carboxylic acids is 2. The summed E-state index contributed by atoms with van der Waals surface area (Å²) < 4.78 is 1.72. The second kappa shape index (κ2) is 6.83. The van der Waals surface area contributed by atoms with E-state index in [4.69, 9.17) is 0 Å². The molecule has 1 saturated heterocycles. The topological polar surface area (TPSA) is 70.8 Å². The summed E-state index contributed by atoms with van der Waals surface area (Å²) in [6, 6.07) is 8.78. The highest BCUT2D eigenvalue weighted by Gasteiger charge is 2.33. The zero-order valence-electron chi connectivity index (χ0n) is 15.4. The number of benzene rings is 1. The smallest absolute Gasteiger partial charge is 0.254 e. The van der Waals surface area contributed by atoms with Crippen LogP contribution in [0.15, 0.2) is 48.9 Å². The molecule has 0 aliphatic carbocycles. The lowest BCUT2D eigenvalue weighted by Crippen LogP contribution is -2.57. The van der Waals surface area contributed by atoms with Crippen LogP contribution in [0.3, 0.4) is 0 Å². The van der Waals surface area contributed by atoms with E-state index in [-0.39, 0.29) is 11.8 Å². The Morgan fingerprint density at radius 1 is 1.22 bits per heavy atom. The lowest BCUT2D eigenvalue weighted by atomic mass is 10.0. The summed E-state index contributed by atoms with van der Waals surface area (Å²) in [5.74, 6) is -0.109. The summed E-state index contributed by atoms with van der Waals surface area (Å²) in [5, 5.41) is 4.30. The zero-order valence-corrected chi connectivity index (χ0v) is 15.4. The molecular formula is C20H21N5O2. The van der Waals surface area contributed by atoms with Crippen LogP contribution in [-0.4, -0.2) is 61.9 Å². The number of carbonyl (C=O) groups is 2. The number of amides is 2. The van der Waals surface area contributed by atoms with Gasteiger partial charge in [-0.2, -0.15) is 5.10 Å². The Labute approximate surface area is 157 Å². The van der Waals surface area contributed by atoms with Gasteiger partial charge in [-0.3, -0.25) is 9.59 Å². The summed E-state index contributed by atoms with van der Waals surface area (Å²) in [7, 11) is 0. The standard InChI is InChI=1S/C20H21N5O2/c1-3-23-11-12-24(14(2)19(23)26)20(27)16-7-5-15(6-8-16)17-13-22-25-10-4-9-21-18(17)25/h4-10,13-14H,3,11-12H2,1-2H3/t14-/m1/s1. The van der Waals surface area contributed by atoms with Crippen molar-refractivity contribution in [3.8, 4) is 11.1 Å². The normalized spacial score (nSPS) is 17.6. The average Bonchev–Trinajstić information content (AvgIpc) is 3.14. The highest BCUT2D eigenvalue weighted by molar-refractivity contribution is 5.98. The predicted octanol–water partition coefficient (Wildman–Crippen LogP) is 2.09. The number of rotatable bonds is 3. The van der Waals surface area contributed by atoms with E-state index in [1.165, 1.54) is 0 Å². The first-order chi connectivity index (χ1) is 13.1. The van der Waals surface area contributed by atoms with Gasteiger partial charge >= 0.3 is 0 Å². The van der Waals surface area contributed by atoms with Gasteiger partial charge in [0.05, 0.1) is 6.20 Å². The van der Waals surface area contributed by atoms with Gasteiger partial charge in [-0.15, -0.1) is 0 Å². The van der Waals surface area contributed by atoms with Crippen LogP contribution >= 0.6 is 0 Å². The second-order valence-electron chi connectivity index (χ2n) is 6.62. The Bertz CT molecular complexity index is 995. The quantitative estimate of drug-likeness (QED) is 0.714. The molecule has 3 aromatic rings. The molecule has 1 aliphatic rings. The monoisotopic (exact) mass is 363 g/mol. The van der Waals surface area contributed by atoms with Gasteiger partial charge in [0.15, 0.2) is 5.65 Å². The molecule has 0 unspecified atom stereocenters. The number of fused-ring (bicyclic) bond motifs is 1. The molecule has 1 aromatic carbocycles. The summed E-state index contributed by atoms with van der Waals surface area (Å²) >= 11 is 0. The van der Waals surface area contributed by atoms with Gasteiger partial charge in [-0.1, -0.05) is 12.1 Å². The van der Waals surface area contributed by atoms with E-state index in [1.54, 1.807) is 45.8 Å². The molecule has 2 amide bonds. The van der Waals surface area contributed by atoms with E-state index in [9.17, 15) is 9.59 Å². The van der Waals surface area contributed by atoms with Crippen LogP contribution in [0, 0.1) is 0 Å². The first-order valence-electron chi connectivity index (χ1n) is 9.08. The molecule has 1 fully saturated rings. The molecule has 0 saturated carbocycles. The Balaban J connectivity index is 1.57. The lowest BCUT2D eigenvalue weighted by molar-refractivity contribution is -0.139. The van der Waals surface area contributed by atoms with Gasteiger partial charge in [-0.05, 0) is 37.6 Å². The maximum atomic E-state index is 12.9. The zero-order chi connectivity index (χ0) is 19.0. The van der Waals surface area contributed by atoms with Crippen LogP contribution in [0.1, 0.15) is 24.2 Å². The van der Waals surface area contributed by atoms with Gasteiger partial charge in [0, 0.05) is 43.2 Å². The van der Waals surface area contributed by atoms with E-state index in [2.05, 4.69) is 10.1 Å². The van der Waals surface area contributed by atoms with E-state index in [0.717, 1.165) is 16.8 Å². The van der Waals surface area contributed by atoms with Crippen LogP contribution in [0.4, 0.5) is 0 Å². The number of likely N-dealkylation sites (N-methyl/N-ethyl adjacent to an activating group) is 1. The molecule has 138 valence electrons. The van der Waals surface area contributed by atoms with Crippen LogP contribution < -0.4 is 0 Å². The number of hydrogen-bond donors (Lipinski definition) is 0. The molecule has 4 rings (SSSR count). The van der Waals surface area contributed by atoms with Crippen molar-refractivity contribution >= 4 is 17.5 Å². The van der Waals surface area contributed by atoms with Crippen molar-refractivity contribution in [2.75, 3.05) is 19.6 Å². The van der Waals surface area contributed by atoms with Gasteiger partial charge < -0.3 is 9.80 Å². The average molecular weight is 363 g/mol. The van der Waals surface area contributed by atoms with Crippen molar-refractivity contribution in [1.29, 1.82) is 0 Å². The SMILES string of the molecule is CCN1CCN(C(=O)c2ccc(-c3cnn4cccnc34)cc2)[C@H](C)C1=O. The van der Waals surface area contributed by atoms with Crippen molar-refractivity contribution in [2.45, 2.75) is 19.9 Å². The number of piperazine rings is 1. The van der Waals surface area contributed by atoms with Crippen molar-refractivity contribution in [1.82, 2.24) is 24.4 Å². The molecule has 7 heteroatoms. The van der Waals surface area contributed by atoms with Crippen molar-refractivity contribution in [3.63, 3.8) is 0 Å². The van der Waals surface area contributed by atoms with E-state index in [0.29, 0.717) is 25.2 Å². The Kier molecular flexibility index (Phi) is 4.35. The van der Waals surface area contributed by atoms with Gasteiger partial charge in [-0.25, -0.2) is 9.50 Å². The maximum absolute atomic E-state index is 12.9. The molecule has 2 aromatic heterocycles. The number of hydrogen-bond acceptors (Lipinski definition) is 4. The fourth-order valence-corrected chi connectivity index (χ4v) is 3.51. The van der Waals surface area contributed by atoms with Crippen molar-refractivity contribution in [3.05, 3.63) is 54.5 Å². The second-order valence-corrected chi connectivity index (χ2v) is 6.62. The molecule has 1 aliphatic heterocycles. The Morgan fingerprint density at radius 2 is 2.00 bits per heavy atom. The third kappa shape index (κ3) is 2.95. The molecule has 27 heavy (non-hydrogen) atoms. The van der Waals surface area contributed by atoms with Crippen molar-refractivity contribution < 1.29 is 9.59 Å². The van der Waals surface area contributed by atoms with E-state index < -0.39 is 6.04 Å². The minimum absolute atomic E-state index is 0.00569. The lowest BCUT2D eigenvalue weighted by Gasteiger charge is -2.38. The number of nitrogens with zero attached hydrogens (tertiary/aromatic N) is 5. The van der Waals surface area contributed by atoms with Gasteiger partial charge in [0.1, 0.15) is 6.04 Å². The highest BCUT2D eigenvalue weighted by Crippen LogP contribution is 2.24.